The lowest BCUT2D eigenvalue weighted by Gasteiger charge is -2.17. The van der Waals surface area contributed by atoms with Gasteiger partial charge in [-0.15, -0.1) is 0 Å². The monoisotopic (exact) mass is 214 g/mol. The number of esters is 1. The van der Waals surface area contributed by atoms with Crippen molar-refractivity contribution < 1.29 is 22.7 Å². The molecule has 14 heavy (non-hydrogen) atoms. The second-order valence-corrected chi connectivity index (χ2v) is 2.82. The number of carbonyl (C=O) groups excluding carboxylic acids is 1. The second kappa shape index (κ2) is 5.16. The van der Waals surface area contributed by atoms with Gasteiger partial charge in [-0.1, -0.05) is 6.92 Å². The van der Waals surface area contributed by atoms with Crippen LogP contribution in [0.3, 0.4) is 0 Å². The third-order valence-electron chi connectivity index (χ3n) is 1.58. The molecule has 7 heteroatoms. The van der Waals surface area contributed by atoms with Gasteiger partial charge in [0, 0.05) is 6.04 Å². The molecule has 0 aliphatic rings. The van der Waals surface area contributed by atoms with Crippen molar-refractivity contribution in [3.63, 3.8) is 0 Å². The van der Waals surface area contributed by atoms with Crippen LogP contribution in [0, 0.1) is 0 Å². The van der Waals surface area contributed by atoms with E-state index < -0.39 is 30.8 Å². The van der Waals surface area contributed by atoms with Gasteiger partial charge < -0.3 is 16.2 Å². The molecule has 0 saturated heterocycles. The number of rotatable bonds is 4. The zero-order valence-corrected chi connectivity index (χ0v) is 7.67. The Labute approximate surface area is 79.4 Å². The minimum atomic E-state index is -4.54. The van der Waals surface area contributed by atoms with Crippen LogP contribution < -0.4 is 11.5 Å². The fourth-order valence-corrected chi connectivity index (χ4v) is 0.678. The molecule has 84 valence electrons. The van der Waals surface area contributed by atoms with Gasteiger partial charge in [0.05, 0.1) is 0 Å². The molecule has 2 unspecified atom stereocenters. The van der Waals surface area contributed by atoms with E-state index >= 15 is 0 Å². The number of hydrogen-bond acceptors (Lipinski definition) is 4. The first-order chi connectivity index (χ1) is 6.28. The second-order valence-electron chi connectivity index (χ2n) is 2.82. The third-order valence-corrected chi connectivity index (χ3v) is 1.58. The van der Waals surface area contributed by atoms with Crippen molar-refractivity contribution in [2.45, 2.75) is 31.6 Å². The van der Waals surface area contributed by atoms with Crippen LogP contribution in [0.2, 0.25) is 0 Å². The Hall–Kier alpha value is -0.820. The standard InChI is InChI=1S/C7H13F3N2O2/c1-2-4(11)5(12)6(13)14-3-7(8,9)10/h4-5H,2-3,11-12H2,1H3. The van der Waals surface area contributed by atoms with Crippen LogP contribution >= 0.6 is 0 Å². The topological polar surface area (TPSA) is 78.3 Å². The number of ether oxygens (including phenoxy) is 1. The van der Waals surface area contributed by atoms with Crippen molar-refractivity contribution in [2.75, 3.05) is 6.61 Å². The Morgan fingerprint density at radius 2 is 1.93 bits per heavy atom. The lowest BCUT2D eigenvalue weighted by Crippen LogP contribution is -2.48. The van der Waals surface area contributed by atoms with E-state index in [4.69, 9.17) is 11.5 Å². The van der Waals surface area contributed by atoms with Crippen LogP contribution in [0.5, 0.6) is 0 Å². The summed E-state index contributed by atoms with van der Waals surface area (Å²) in [6, 6.07) is -1.89. The molecule has 0 amide bonds. The quantitative estimate of drug-likeness (QED) is 0.653. The van der Waals surface area contributed by atoms with Gasteiger partial charge in [0.1, 0.15) is 6.04 Å². The van der Waals surface area contributed by atoms with E-state index in [0.717, 1.165) is 0 Å². The summed E-state index contributed by atoms with van der Waals surface area (Å²) in [7, 11) is 0. The molecule has 0 radical (unpaired) electrons. The van der Waals surface area contributed by atoms with Crippen molar-refractivity contribution in [1.29, 1.82) is 0 Å². The summed E-state index contributed by atoms with van der Waals surface area (Å²) >= 11 is 0. The van der Waals surface area contributed by atoms with Crippen LogP contribution in [-0.4, -0.2) is 30.8 Å². The van der Waals surface area contributed by atoms with Gasteiger partial charge in [-0.05, 0) is 6.42 Å². The SMILES string of the molecule is CCC(N)C(N)C(=O)OCC(F)(F)F. The lowest BCUT2D eigenvalue weighted by atomic mass is 10.1. The smallest absolute Gasteiger partial charge is 0.422 e. The van der Waals surface area contributed by atoms with E-state index in [1.807, 2.05) is 0 Å². The summed E-state index contributed by atoms with van der Waals surface area (Å²) in [5.74, 6) is -1.13. The van der Waals surface area contributed by atoms with Crippen molar-refractivity contribution in [1.82, 2.24) is 0 Å². The van der Waals surface area contributed by atoms with Gasteiger partial charge in [-0.3, -0.25) is 4.79 Å². The Morgan fingerprint density at radius 3 is 2.29 bits per heavy atom. The van der Waals surface area contributed by atoms with Crippen LogP contribution in [0.25, 0.3) is 0 Å². The van der Waals surface area contributed by atoms with Gasteiger partial charge in [-0.2, -0.15) is 13.2 Å². The van der Waals surface area contributed by atoms with Crippen molar-refractivity contribution in [3.05, 3.63) is 0 Å². The molecule has 0 aliphatic carbocycles. The number of carbonyl (C=O) groups is 1. The van der Waals surface area contributed by atoms with Gasteiger partial charge in [-0.25, -0.2) is 0 Å². The molecule has 0 fully saturated rings. The summed E-state index contributed by atoms with van der Waals surface area (Å²) in [5, 5.41) is 0. The Morgan fingerprint density at radius 1 is 1.43 bits per heavy atom. The third kappa shape index (κ3) is 5.03. The summed E-state index contributed by atoms with van der Waals surface area (Å²) < 4.78 is 38.8. The molecule has 0 saturated carbocycles. The summed E-state index contributed by atoms with van der Waals surface area (Å²) in [6.07, 6.45) is -4.14. The van der Waals surface area contributed by atoms with E-state index in [9.17, 15) is 18.0 Å². The van der Waals surface area contributed by atoms with Gasteiger partial charge in [0.25, 0.3) is 0 Å². The van der Waals surface area contributed by atoms with Crippen LogP contribution in [0.1, 0.15) is 13.3 Å². The first-order valence-corrected chi connectivity index (χ1v) is 4.02. The highest BCUT2D eigenvalue weighted by atomic mass is 19.4. The molecule has 0 aromatic rings. The highest BCUT2D eigenvalue weighted by molar-refractivity contribution is 5.76. The molecular weight excluding hydrogens is 201 g/mol. The van der Waals surface area contributed by atoms with Crippen LogP contribution in [-0.2, 0) is 9.53 Å². The Kier molecular flexibility index (Phi) is 4.86. The van der Waals surface area contributed by atoms with Crippen LogP contribution in [0.4, 0.5) is 13.2 Å². The largest absolute Gasteiger partial charge is 0.455 e. The molecule has 0 rings (SSSR count). The van der Waals surface area contributed by atoms with E-state index in [-0.39, 0.29) is 0 Å². The van der Waals surface area contributed by atoms with Crippen molar-refractivity contribution >= 4 is 5.97 Å². The van der Waals surface area contributed by atoms with E-state index in [1.165, 1.54) is 0 Å². The Balaban J connectivity index is 3.97. The number of hydrogen-bond donors (Lipinski definition) is 2. The lowest BCUT2D eigenvalue weighted by molar-refractivity contribution is -0.187. The van der Waals surface area contributed by atoms with E-state index in [1.54, 1.807) is 6.92 Å². The van der Waals surface area contributed by atoms with Gasteiger partial charge in [0.15, 0.2) is 6.61 Å². The fourth-order valence-electron chi connectivity index (χ4n) is 0.678. The molecule has 0 spiro atoms. The summed E-state index contributed by atoms with van der Waals surface area (Å²) in [5.41, 5.74) is 10.6. The normalized spacial score (nSPS) is 16.1. The molecular formula is C7H13F3N2O2. The van der Waals surface area contributed by atoms with Crippen molar-refractivity contribution in [3.8, 4) is 0 Å². The minimum Gasteiger partial charge on any atom is -0.455 e. The maximum absolute atomic E-state index is 11.6. The predicted octanol–water partition coefficient (Wildman–Crippen LogP) is 0.156. The number of halogens is 3. The zero-order valence-electron chi connectivity index (χ0n) is 7.67. The highest BCUT2D eigenvalue weighted by Crippen LogP contribution is 2.14. The highest BCUT2D eigenvalue weighted by Gasteiger charge is 2.31. The molecule has 4 N–H and O–H groups in total. The Bertz CT molecular complexity index is 196. The van der Waals surface area contributed by atoms with Crippen molar-refractivity contribution in [2.24, 2.45) is 11.5 Å². The molecule has 0 bridgehead atoms. The number of nitrogens with two attached hydrogens (primary N) is 2. The average molecular weight is 214 g/mol. The maximum atomic E-state index is 11.6. The molecule has 0 aliphatic heterocycles. The first kappa shape index (κ1) is 13.2. The molecule has 2 atom stereocenters. The van der Waals surface area contributed by atoms with Gasteiger partial charge in [0.2, 0.25) is 0 Å². The molecule has 0 aromatic carbocycles. The summed E-state index contributed by atoms with van der Waals surface area (Å²) in [6.45, 7) is 0.0392. The van der Waals surface area contributed by atoms with Crippen LogP contribution in [0.15, 0.2) is 0 Å². The van der Waals surface area contributed by atoms with Gasteiger partial charge >= 0.3 is 12.1 Å². The first-order valence-electron chi connectivity index (χ1n) is 4.02. The average Bonchev–Trinajstić information content (AvgIpc) is 2.10. The van der Waals surface area contributed by atoms with E-state index in [0.29, 0.717) is 6.42 Å². The predicted molar refractivity (Wildman–Crippen MR) is 43.3 cm³/mol. The summed E-state index contributed by atoms with van der Waals surface area (Å²) in [4.78, 5) is 10.9. The molecule has 4 nitrogen and oxygen atoms in total. The molecule has 0 heterocycles. The zero-order chi connectivity index (χ0) is 11.4. The molecule has 0 aromatic heterocycles. The maximum Gasteiger partial charge on any atom is 0.422 e. The fraction of sp³-hybridized carbons (Fsp3) is 0.857. The van der Waals surface area contributed by atoms with E-state index in [2.05, 4.69) is 4.74 Å². The number of alkyl halides is 3. The minimum absolute atomic E-state index is 0.391.